The number of ketones is 1. The zero-order chi connectivity index (χ0) is 13.7. The zero-order valence-electron chi connectivity index (χ0n) is 11.4. The Kier molecular flexibility index (Phi) is 6.48. The van der Waals surface area contributed by atoms with E-state index in [2.05, 4.69) is 5.32 Å². The predicted octanol–water partition coefficient (Wildman–Crippen LogP) is 1.12. The molecule has 1 heterocycles. The van der Waals surface area contributed by atoms with E-state index in [1.54, 1.807) is 29.2 Å². The molecule has 6 heteroatoms. The fourth-order valence-electron chi connectivity index (χ4n) is 1.96. The van der Waals surface area contributed by atoms with E-state index in [-0.39, 0.29) is 30.7 Å². The van der Waals surface area contributed by atoms with Crippen molar-refractivity contribution in [2.45, 2.75) is 6.92 Å². The first-order valence-corrected chi connectivity index (χ1v) is 6.39. The maximum absolute atomic E-state index is 11.9. The van der Waals surface area contributed by atoms with Crippen molar-refractivity contribution < 1.29 is 14.3 Å². The Hall–Kier alpha value is -1.59. The Labute approximate surface area is 124 Å². The van der Waals surface area contributed by atoms with Crippen LogP contribution in [0.15, 0.2) is 24.3 Å². The minimum atomic E-state index is -0.0188. The summed E-state index contributed by atoms with van der Waals surface area (Å²) in [6.07, 6.45) is 0. The van der Waals surface area contributed by atoms with Gasteiger partial charge in [-0.3, -0.25) is 9.59 Å². The number of hydrogen-bond donors (Lipinski definition) is 1. The highest BCUT2D eigenvalue weighted by Crippen LogP contribution is 2.13. The van der Waals surface area contributed by atoms with Gasteiger partial charge in [0.05, 0.1) is 0 Å². The van der Waals surface area contributed by atoms with E-state index < -0.39 is 0 Å². The molecule has 0 radical (unpaired) electrons. The van der Waals surface area contributed by atoms with E-state index in [0.29, 0.717) is 11.3 Å². The van der Waals surface area contributed by atoms with Crippen molar-refractivity contribution in [2.75, 3.05) is 32.8 Å². The Morgan fingerprint density at radius 1 is 1.30 bits per heavy atom. The quantitative estimate of drug-likeness (QED) is 0.847. The van der Waals surface area contributed by atoms with Crippen molar-refractivity contribution >= 4 is 24.1 Å². The van der Waals surface area contributed by atoms with Crippen LogP contribution in [-0.2, 0) is 4.79 Å². The predicted molar refractivity (Wildman–Crippen MR) is 78.6 cm³/mol. The van der Waals surface area contributed by atoms with E-state index in [9.17, 15) is 9.59 Å². The molecule has 0 spiro atoms. The number of ether oxygens (including phenoxy) is 1. The number of hydrogen-bond acceptors (Lipinski definition) is 4. The van der Waals surface area contributed by atoms with Gasteiger partial charge in [-0.1, -0.05) is 12.1 Å². The number of benzene rings is 1. The Balaban J connectivity index is 0.00000200. The molecule has 0 saturated carbocycles. The molecule has 1 N–H and O–H groups in total. The van der Waals surface area contributed by atoms with Gasteiger partial charge in [-0.15, -0.1) is 12.4 Å². The van der Waals surface area contributed by atoms with Crippen molar-refractivity contribution in [3.63, 3.8) is 0 Å². The molecule has 1 aromatic rings. The van der Waals surface area contributed by atoms with Crippen molar-refractivity contribution in [3.05, 3.63) is 29.8 Å². The minimum Gasteiger partial charge on any atom is -0.484 e. The lowest BCUT2D eigenvalue weighted by molar-refractivity contribution is -0.133. The second kappa shape index (κ2) is 7.87. The molecule has 2 rings (SSSR count). The third-order valence-electron chi connectivity index (χ3n) is 3.07. The molecule has 0 bridgehead atoms. The second-order valence-electron chi connectivity index (χ2n) is 4.50. The zero-order valence-corrected chi connectivity index (χ0v) is 12.2. The number of piperazine rings is 1. The average Bonchev–Trinajstić information content (AvgIpc) is 2.46. The number of Topliss-reactive ketones (excluding diaryl/α,β-unsaturated/α-hetero) is 1. The first-order valence-electron chi connectivity index (χ1n) is 6.39. The molecule has 110 valence electrons. The molecular formula is C14H19ClN2O3. The number of carbonyl (C=O) groups excluding carboxylic acids is 2. The SMILES string of the molecule is CC(=O)c1cccc(OCC(=O)N2CCNCC2)c1.Cl. The Morgan fingerprint density at radius 2 is 2.00 bits per heavy atom. The van der Waals surface area contributed by atoms with Gasteiger partial charge in [-0.05, 0) is 19.1 Å². The summed E-state index contributed by atoms with van der Waals surface area (Å²) in [5.41, 5.74) is 0.590. The molecule has 1 fully saturated rings. The summed E-state index contributed by atoms with van der Waals surface area (Å²) in [4.78, 5) is 24.9. The summed E-state index contributed by atoms with van der Waals surface area (Å²) in [5.74, 6) is 0.518. The van der Waals surface area contributed by atoms with Crippen molar-refractivity contribution in [1.82, 2.24) is 10.2 Å². The van der Waals surface area contributed by atoms with E-state index in [0.717, 1.165) is 26.2 Å². The average molecular weight is 299 g/mol. The Bertz CT molecular complexity index is 473. The summed E-state index contributed by atoms with van der Waals surface area (Å²) >= 11 is 0. The largest absolute Gasteiger partial charge is 0.484 e. The van der Waals surface area contributed by atoms with E-state index in [1.807, 2.05) is 0 Å². The lowest BCUT2D eigenvalue weighted by Crippen LogP contribution is -2.47. The number of halogens is 1. The third kappa shape index (κ3) is 4.51. The monoisotopic (exact) mass is 298 g/mol. The molecular weight excluding hydrogens is 280 g/mol. The number of carbonyl (C=O) groups is 2. The van der Waals surface area contributed by atoms with Gasteiger partial charge in [0, 0.05) is 31.7 Å². The molecule has 0 aliphatic carbocycles. The van der Waals surface area contributed by atoms with Gasteiger partial charge in [0.2, 0.25) is 0 Å². The van der Waals surface area contributed by atoms with Crippen molar-refractivity contribution in [1.29, 1.82) is 0 Å². The van der Waals surface area contributed by atoms with E-state index in [1.165, 1.54) is 6.92 Å². The molecule has 5 nitrogen and oxygen atoms in total. The van der Waals surface area contributed by atoms with Gasteiger partial charge in [-0.25, -0.2) is 0 Å². The first-order chi connectivity index (χ1) is 9.16. The standard InChI is InChI=1S/C14H18N2O3.ClH/c1-11(17)12-3-2-4-13(9-12)19-10-14(18)16-7-5-15-6-8-16;/h2-4,9,15H,5-8,10H2,1H3;1H. The number of rotatable bonds is 4. The topological polar surface area (TPSA) is 58.6 Å². The fourth-order valence-corrected chi connectivity index (χ4v) is 1.96. The molecule has 1 saturated heterocycles. The smallest absolute Gasteiger partial charge is 0.260 e. The summed E-state index contributed by atoms with van der Waals surface area (Å²) in [6.45, 7) is 4.61. The van der Waals surface area contributed by atoms with Crippen LogP contribution in [-0.4, -0.2) is 49.4 Å². The summed E-state index contributed by atoms with van der Waals surface area (Å²) in [5, 5.41) is 3.19. The molecule has 0 unspecified atom stereocenters. The van der Waals surface area contributed by atoms with Crippen LogP contribution in [0.25, 0.3) is 0 Å². The number of nitrogens with zero attached hydrogens (tertiary/aromatic N) is 1. The van der Waals surface area contributed by atoms with Crippen LogP contribution in [0.3, 0.4) is 0 Å². The summed E-state index contributed by atoms with van der Waals surface area (Å²) in [7, 11) is 0. The molecule has 1 aliphatic heterocycles. The summed E-state index contributed by atoms with van der Waals surface area (Å²) in [6, 6.07) is 6.89. The van der Waals surface area contributed by atoms with E-state index in [4.69, 9.17) is 4.74 Å². The van der Waals surface area contributed by atoms with Crippen LogP contribution in [0.2, 0.25) is 0 Å². The highest BCUT2D eigenvalue weighted by atomic mass is 35.5. The van der Waals surface area contributed by atoms with Gasteiger partial charge in [-0.2, -0.15) is 0 Å². The van der Waals surface area contributed by atoms with Gasteiger partial charge in [0.15, 0.2) is 12.4 Å². The fraction of sp³-hybridized carbons (Fsp3) is 0.429. The number of nitrogens with one attached hydrogen (secondary N) is 1. The third-order valence-corrected chi connectivity index (χ3v) is 3.07. The molecule has 1 amide bonds. The van der Waals surface area contributed by atoms with Crippen LogP contribution in [0.1, 0.15) is 17.3 Å². The van der Waals surface area contributed by atoms with Crippen molar-refractivity contribution in [3.8, 4) is 5.75 Å². The molecule has 1 aromatic carbocycles. The maximum Gasteiger partial charge on any atom is 0.260 e. The molecule has 20 heavy (non-hydrogen) atoms. The molecule has 0 aromatic heterocycles. The highest BCUT2D eigenvalue weighted by molar-refractivity contribution is 5.94. The normalized spacial score (nSPS) is 14.3. The van der Waals surface area contributed by atoms with Crippen LogP contribution >= 0.6 is 12.4 Å². The van der Waals surface area contributed by atoms with E-state index >= 15 is 0 Å². The van der Waals surface area contributed by atoms with Crippen LogP contribution in [0.4, 0.5) is 0 Å². The Morgan fingerprint density at radius 3 is 2.65 bits per heavy atom. The van der Waals surface area contributed by atoms with Crippen LogP contribution in [0, 0.1) is 0 Å². The minimum absolute atomic E-state index is 0. The number of amides is 1. The second-order valence-corrected chi connectivity index (χ2v) is 4.50. The van der Waals surface area contributed by atoms with Gasteiger partial charge in [0.1, 0.15) is 5.75 Å². The van der Waals surface area contributed by atoms with Gasteiger partial charge < -0.3 is 15.0 Å². The van der Waals surface area contributed by atoms with Gasteiger partial charge in [0.25, 0.3) is 5.91 Å². The lowest BCUT2D eigenvalue weighted by Gasteiger charge is -2.27. The summed E-state index contributed by atoms with van der Waals surface area (Å²) < 4.78 is 5.45. The van der Waals surface area contributed by atoms with Crippen LogP contribution < -0.4 is 10.1 Å². The highest BCUT2D eigenvalue weighted by Gasteiger charge is 2.16. The molecule has 1 aliphatic rings. The van der Waals surface area contributed by atoms with Crippen molar-refractivity contribution in [2.24, 2.45) is 0 Å². The first kappa shape index (κ1) is 16.5. The maximum atomic E-state index is 11.9. The lowest BCUT2D eigenvalue weighted by atomic mass is 10.1. The molecule has 0 atom stereocenters. The van der Waals surface area contributed by atoms with Crippen LogP contribution in [0.5, 0.6) is 5.75 Å². The van der Waals surface area contributed by atoms with Gasteiger partial charge >= 0.3 is 0 Å².